The van der Waals surface area contributed by atoms with Gasteiger partial charge in [0.2, 0.25) is 0 Å². The number of rotatable bonds is 2. The summed E-state index contributed by atoms with van der Waals surface area (Å²) in [5.41, 5.74) is 0. The molecule has 0 aromatic carbocycles. The van der Waals surface area contributed by atoms with E-state index in [-0.39, 0.29) is 11.8 Å². The monoisotopic (exact) mass is 128 g/mol. The van der Waals surface area contributed by atoms with Gasteiger partial charge in [-0.05, 0) is 0 Å². The van der Waals surface area contributed by atoms with Crippen LogP contribution in [0.4, 0.5) is 0 Å². The summed E-state index contributed by atoms with van der Waals surface area (Å²) < 4.78 is 4.89. The summed E-state index contributed by atoms with van der Waals surface area (Å²) in [6, 6.07) is 0. The normalized spacial score (nSPS) is 34.2. The molecule has 1 saturated heterocycles. The van der Waals surface area contributed by atoms with Crippen molar-refractivity contribution in [2.24, 2.45) is 11.8 Å². The van der Waals surface area contributed by atoms with Gasteiger partial charge in [-0.25, -0.2) is 0 Å². The lowest BCUT2D eigenvalue weighted by Gasteiger charge is -1.99. The van der Waals surface area contributed by atoms with Gasteiger partial charge in [0.05, 0.1) is 13.2 Å². The van der Waals surface area contributed by atoms with Gasteiger partial charge < -0.3 is 14.3 Å². The Morgan fingerprint density at radius 1 is 1.11 bits per heavy atom. The SMILES string of the molecule is O=C[C@H]1COC[C@@H]1C=O. The van der Waals surface area contributed by atoms with E-state index in [1.165, 1.54) is 0 Å². The summed E-state index contributed by atoms with van der Waals surface area (Å²) in [5.74, 6) is -0.384. The van der Waals surface area contributed by atoms with Crippen LogP contribution in [0, 0.1) is 11.8 Å². The highest BCUT2D eigenvalue weighted by Crippen LogP contribution is 2.15. The first-order chi connectivity index (χ1) is 4.38. The maximum absolute atomic E-state index is 10.1. The van der Waals surface area contributed by atoms with E-state index in [4.69, 9.17) is 4.74 Å². The lowest BCUT2D eigenvalue weighted by Crippen LogP contribution is -2.14. The summed E-state index contributed by atoms with van der Waals surface area (Å²) in [7, 11) is 0. The van der Waals surface area contributed by atoms with Crippen LogP contribution in [0.5, 0.6) is 0 Å². The number of carbonyl (C=O) groups is 2. The lowest BCUT2D eigenvalue weighted by molar-refractivity contribution is -0.117. The standard InChI is InChI=1S/C6H8O3/c7-1-5-3-9-4-6(5)2-8/h1-2,5-6H,3-4H2/t5-,6-/m0/s1. The average molecular weight is 128 g/mol. The summed E-state index contributed by atoms with van der Waals surface area (Å²) in [6.45, 7) is 0.819. The zero-order valence-corrected chi connectivity index (χ0v) is 4.95. The molecule has 0 bridgehead atoms. The Hall–Kier alpha value is -0.700. The predicted octanol–water partition coefficient (Wildman–Crippen LogP) is -0.353. The quantitative estimate of drug-likeness (QED) is 0.477. The molecule has 0 unspecified atom stereocenters. The van der Waals surface area contributed by atoms with Gasteiger partial charge in [0.15, 0.2) is 0 Å². The molecule has 0 aromatic rings. The molecular formula is C6H8O3. The molecule has 0 N–H and O–H groups in total. The molecule has 0 spiro atoms. The van der Waals surface area contributed by atoms with Crippen LogP contribution < -0.4 is 0 Å². The van der Waals surface area contributed by atoms with Crippen LogP contribution in [0.3, 0.4) is 0 Å². The lowest BCUT2D eigenvalue weighted by atomic mass is 10.00. The minimum absolute atomic E-state index is 0.192. The molecule has 2 atom stereocenters. The number of aldehydes is 2. The topological polar surface area (TPSA) is 43.4 Å². The van der Waals surface area contributed by atoms with Crippen molar-refractivity contribution in [3.63, 3.8) is 0 Å². The molecule has 50 valence electrons. The van der Waals surface area contributed by atoms with E-state index in [1.54, 1.807) is 0 Å². The van der Waals surface area contributed by atoms with Gasteiger partial charge in [-0.15, -0.1) is 0 Å². The van der Waals surface area contributed by atoms with E-state index in [0.717, 1.165) is 12.6 Å². The van der Waals surface area contributed by atoms with Crippen LogP contribution in [0.15, 0.2) is 0 Å². The van der Waals surface area contributed by atoms with Crippen LogP contribution in [-0.2, 0) is 14.3 Å². The first-order valence-corrected chi connectivity index (χ1v) is 2.87. The Morgan fingerprint density at radius 2 is 1.56 bits per heavy atom. The molecule has 1 aliphatic heterocycles. The highest BCUT2D eigenvalue weighted by Gasteiger charge is 2.26. The molecule has 9 heavy (non-hydrogen) atoms. The molecular weight excluding hydrogens is 120 g/mol. The summed E-state index contributed by atoms with van der Waals surface area (Å²) in [6.07, 6.45) is 1.57. The van der Waals surface area contributed by atoms with E-state index in [2.05, 4.69) is 0 Å². The highest BCUT2D eigenvalue weighted by molar-refractivity contribution is 5.65. The van der Waals surface area contributed by atoms with E-state index in [1.807, 2.05) is 0 Å². The molecule has 0 aliphatic carbocycles. The first kappa shape index (κ1) is 6.42. The number of ether oxygens (including phenoxy) is 1. The summed E-state index contributed by atoms with van der Waals surface area (Å²) in [4.78, 5) is 20.3. The largest absolute Gasteiger partial charge is 0.380 e. The molecule has 1 heterocycles. The molecule has 1 fully saturated rings. The van der Waals surface area contributed by atoms with Crippen LogP contribution in [0.25, 0.3) is 0 Å². The molecule has 0 aromatic heterocycles. The van der Waals surface area contributed by atoms with E-state index in [9.17, 15) is 9.59 Å². The van der Waals surface area contributed by atoms with Crippen molar-refractivity contribution in [1.82, 2.24) is 0 Å². The molecule has 0 saturated carbocycles. The van der Waals surface area contributed by atoms with Gasteiger partial charge in [-0.1, -0.05) is 0 Å². The van der Waals surface area contributed by atoms with Crippen LogP contribution in [0.2, 0.25) is 0 Å². The Kier molecular flexibility index (Phi) is 1.95. The van der Waals surface area contributed by atoms with E-state index in [0.29, 0.717) is 13.2 Å². The fourth-order valence-corrected chi connectivity index (χ4v) is 0.868. The second-order valence-corrected chi connectivity index (χ2v) is 2.14. The van der Waals surface area contributed by atoms with Crippen LogP contribution >= 0.6 is 0 Å². The van der Waals surface area contributed by atoms with Gasteiger partial charge in [0, 0.05) is 11.8 Å². The third kappa shape index (κ3) is 1.16. The van der Waals surface area contributed by atoms with Gasteiger partial charge in [-0.3, -0.25) is 0 Å². The van der Waals surface area contributed by atoms with Gasteiger partial charge in [-0.2, -0.15) is 0 Å². The molecule has 0 amide bonds. The predicted molar refractivity (Wildman–Crippen MR) is 29.9 cm³/mol. The smallest absolute Gasteiger partial charge is 0.126 e. The molecule has 1 rings (SSSR count). The first-order valence-electron chi connectivity index (χ1n) is 2.87. The minimum atomic E-state index is -0.192. The zero-order valence-electron chi connectivity index (χ0n) is 4.95. The molecule has 3 heteroatoms. The van der Waals surface area contributed by atoms with E-state index >= 15 is 0 Å². The van der Waals surface area contributed by atoms with Crippen LogP contribution in [0.1, 0.15) is 0 Å². The minimum Gasteiger partial charge on any atom is -0.380 e. The fourth-order valence-electron chi connectivity index (χ4n) is 0.868. The van der Waals surface area contributed by atoms with Gasteiger partial charge >= 0.3 is 0 Å². The summed E-state index contributed by atoms with van der Waals surface area (Å²) >= 11 is 0. The van der Waals surface area contributed by atoms with Crippen molar-refractivity contribution in [1.29, 1.82) is 0 Å². The highest BCUT2D eigenvalue weighted by atomic mass is 16.5. The van der Waals surface area contributed by atoms with Crippen molar-refractivity contribution < 1.29 is 14.3 Å². The fraction of sp³-hybridized carbons (Fsp3) is 0.667. The average Bonchev–Trinajstić information content (AvgIpc) is 2.33. The second kappa shape index (κ2) is 2.73. The van der Waals surface area contributed by atoms with Crippen molar-refractivity contribution in [2.45, 2.75) is 0 Å². The Labute approximate surface area is 53.0 Å². The van der Waals surface area contributed by atoms with Crippen molar-refractivity contribution in [2.75, 3.05) is 13.2 Å². The third-order valence-corrected chi connectivity index (χ3v) is 1.52. The number of hydrogen-bond acceptors (Lipinski definition) is 3. The van der Waals surface area contributed by atoms with Crippen LogP contribution in [-0.4, -0.2) is 25.8 Å². The van der Waals surface area contributed by atoms with Gasteiger partial charge in [0.1, 0.15) is 12.6 Å². The van der Waals surface area contributed by atoms with Crippen molar-refractivity contribution >= 4 is 12.6 Å². The maximum atomic E-state index is 10.1. The van der Waals surface area contributed by atoms with Gasteiger partial charge in [0.25, 0.3) is 0 Å². The third-order valence-electron chi connectivity index (χ3n) is 1.52. The Bertz CT molecular complexity index is 107. The number of carbonyl (C=O) groups excluding carboxylic acids is 2. The second-order valence-electron chi connectivity index (χ2n) is 2.14. The zero-order chi connectivity index (χ0) is 6.69. The maximum Gasteiger partial charge on any atom is 0.126 e. The molecule has 0 radical (unpaired) electrons. The summed E-state index contributed by atoms with van der Waals surface area (Å²) in [5, 5.41) is 0. The number of hydrogen-bond donors (Lipinski definition) is 0. The van der Waals surface area contributed by atoms with E-state index < -0.39 is 0 Å². The molecule has 1 aliphatic rings. The van der Waals surface area contributed by atoms with Crippen molar-refractivity contribution in [3.8, 4) is 0 Å². The van der Waals surface area contributed by atoms with Crippen molar-refractivity contribution in [3.05, 3.63) is 0 Å². The Balaban J connectivity index is 2.50. The Morgan fingerprint density at radius 3 is 1.89 bits per heavy atom. The molecule has 3 nitrogen and oxygen atoms in total.